The van der Waals surface area contributed by atoms with Crippen LogP contribution in [0.15, 0.2) is 42.6 Å². The molecule has 5 nitrogen and oxygen atoms in total. The average molecular weight is 310 g/mol. The number of nitriles is 1. The van der Waals surface area contributed by atoms with Gasteiger partial charge in [0.25, 0.3) is 0 Å². The predicted molar refractivity (Wildman–Crippen MR) is 82.8 cm³/mol. The van der Waals surface area contributed by atoms with Gasteiger partial charge in [0.2, 0.25) is 5.91 Å². The summed E-state index contributed by atoms with van der Waals surface area (Å²) in [5, 5.41) is 11.9. The number of hydrogen-bond acceptors (Lipinski definition) is 4. The van der Waals surface area contributed by atoms with E-state index in [1.165, 1.54) is 12.1 Å². The van der Waals surface area contributed by atoms with Gasteiger partial charge in [0.15, 0.2) is 0 Å². The Hall–Kier alpha value is -2.94. The van der Waals surface area contributed by atoms with E-state index in [2.05, 4.69) is 10.3 Å². The molecular weight excluding hydrogens is 295 g/mol. The third-order valence-corrected chi connectivity index (χ3v) is 3.80. The fraction of sp³-hybridized carbons (Fsp3) is 0.235. The number of anilines is 1. The highest BCUT2D eigenvalue weighted by molar-refractivity contribution is 5.86. The average Bonchev–Trinajstić information content (AvgIpc) is 2.91. The van der Waals surface area contributed by atoms with Gasteiger partial charge in [0.1, 0.15) is 23.6 Å². The number of amides is 1. The molecule has 1 unspecified atom stereocenters. The Morgan fingerprint density at radius 2 is 2.09 bits per heavy atom. The van der Waals surface area contributed by atoms with Crippen LogP contribution in [0.1, 0.15) is 17.7 Å². The number of carbonyl (C=O) groups excluding carboxylic acids is 1. The lowest BCUT2D eigenvalue weighted by Gasteiger charge is -2.17. The minimum absolute atomic E-state index is 0.0127. The van der Waals surface area contributed by atoms with Crippen molar-refractivity contribution < 1.29 is 9.18 Å². The molecule has 2 aromatic rings. The van der Waals surface area contributed by atoms with Crippen LogP contribution in [0, 0.1) is 17.1 Å². The number of aromatic nitrogens is 1. The minimum Gasteiger partial charge on any atom is -0.372 e. The lowest BCUT2D eigenvalue weighted by atomic mass is 10.2. The summed E-state index contributed by atoms with van der Waals surface area (Å²) < 4.78 is 12.9. The van der Waals surface area contributed by atoms with Gasteiger partial charge in [-0.2, -0.15) is 5.26 Å². The molecule has 0 spiro atoms. The van der Waals surface area contributed by atoms with Gasteiger partial charge in [0.05, 0.1) is 11.9 Å². The quantitative estimate of drug-likeness (QED) is 0.941. The number of nitrogens with zero attached hydrogens (tertiary/aromatic N) is 3. The summed E-state index contributed by atoms with van der Waals surface area (Å²) in [7, 11) is 0. The molecular formula is C17H15FN4O. The highest BCUT2D eigenvalue weighted by atomic mass is 19.1. The maximum Gasteiger partial charge on any atom is 0.245 e. The Kier molecular flexibility index (Phi) is 4.20. The van der Waals surface area contributed by atoms with Crippen molar-refractivity contribution in [2.45, 2.75) is 19.0 Å². The molecule has 6 heteroatoms. The van der Waals surface area contributed by atoms with Crippen molar-refractivity contribution in [3.63, 3.8) is 0 Å². The Bertz CT molecular complexity index is 737. The topological polar surface area (TPSA) is 69.0 Å². The molecule has 1 atom stereocenters. The Labute approximate surface area is 133 Å². The van der Waals surface area contributed by atoms with Crippen LogP contribution < -0.4 is 5.32 Å². The monoisotopic (exact) mass is 310 g/mol. The van der Waals surface area contributed by atoms with Gasteiger partial charge >= 0.3 is 0 Å². The van der Waals surface area contributed by atoms with Crippen molar-refractivity contribution in [2.75, 3.05) is 11.9 Å². The molecule has 0 saturated carbocycles. The minimum atomic E-state index is -0.301. The molecule has 23 heavy (non-hydrogen) atoms. The van der Waals surface area contributed by atoms with E-state index in [4.69, 9.17) is 5.26 Å². The van der Waals surface area contributed by atoms with Crippen molar-refractivity contribution in [2.24, 2.45) is 0 Å². The molecule has 1 N–H and O–H groups in total. The molecule has 2 heterocycles. The fourth-order valence-corrected chi connectivity index (χ4v) is 2.59. The summed E-state index contributed by atoms with van der Waals surface area (Å²) >= 11 is 0. The molecule has 0 bridgehead atoms. The first kappa shape index (κ1) is 15.0. The zero-order valence-electron chi connectivity index (χ0n) is 12.4. The first-order chi connectivity index (χ1) is 11.2. The summed E-state index contributed by atoms with van der Waals surface area (Å²) in [6.07, 6.45) is 2.24. The number of rotatable bonds is 4. The van der Waals surface area contributed by atoms with E-state index in [9.17, 15) is 9.18 Å². The maximum atomic E-state index is 12.9. The first-order valence-corrected chi connectivity index (χ1v) is 7.31. The van der Waals surface area contributed by atoms with E-state index in [0.717, 1.165) is 5.56 Å². The third-order valence-electron chi connectivity index (χ3n) is 3.80. The highest BCUT2D eigenvalue weighted by Gasteiger charge is 2.31. The van der Waals surface area contributed by atoms with E-state index in [1.807, 2.05) is 6.07 Å². The summed E-state index contributed by atoms with van der Waals surface area (Å²) in [5.74, 6) is -0.270. The molecule has 3 rings (SSSR count). The van der Waals surface area contributed by atoms with Crippen LogP contribution in [0.25, 0.3) is 0 Å². The zero-order valence-corrected chi connectivity index (χ0v) is 12.4. The van der Waals surface area contributed by atoms with Crippen molar-refractivity contribution in [1.82, 2.24) is 9.88 Å². The molecule has 1 aliphatic rings. The highest BCUT2D eigenvalue weighted by Crippen LogP contribution is 2.19. The van der Waals surface area contributed by atoms with Gasteiger partial charge in [0, 0.05) is 13.1 Å². The summed E-state index contributed by atoms with van der Waals surface area (Å²) in [6.45, 7) is 1.13. The Morgan fingerprint density at radius 1 is 1.30 bits per heavy atom. The Morgan fingerprint density at radius 3 is 2.74 bits per heavy atom. The van der Waals surface area contributed by atoms with E-state index >= 15 is 0 Å². The van der Waals surface area contributed by atoms with Crippen molar-refractivity contribution in [1.29, 1.82) is 5.26 Å². The van der Waals surface area contributed by atoms with Gasteiger partial charge in [-0.3, -0.25) is 4.79 Å². The molecule has 1 amide bonds. The predicted octanol–water partition coefficient (Wildman–Crippen LogP) is 2.31. The van der Waals surface area contributed by atoms with Crippen LogP contribution in [-0.4, -0.2) is 28.4 Å². The standard InChI is InChI=1S/C17H15FN4O/c18-13-3-1-12(2-4-13)11-22-8-7-16(17(22)23)21-15-6-5-14(9-19)20-10-15/h1-6,10,16,21H,7-8,11H2. The van der Waals surface area contributed by atoms with Gasteiger partial charge in [-0.25, -0.2) is 9.37 Å². The first-order valence-electron chi connectivity index (χ1n) is 7.31. The molecule has 0 radical (unpaired) electrons. The number of nitrogens with one attached hydrogen (secondary N) is 1. The van der Waals surface area contributed by atoms with Crippen molar-refractivity contribution in [3.05, 3.63) is 59.7 Å². The lowest BCUT2D eigenvalue weighted by Crippen LogP contribution is -2.33. The van der Waals surface area contributed by atoms with E-state index in [0.29, 0.717) is 30.9 Å². The lowest BCUT2D eigenvalue weighted by molar-refractivity contribution is -0.128. The maximum absolute atomic E-state index is 12.9. The van der Waals surface area contributed by atoms with Crippen LogP contribution in [0.2, 0.25) is 0 Å². The largest absolute Gasteiger partial charge is 0.372 e. The van der Waals surface area contributed by atoms with Gasteiger partial charge in [-0.1, -0.05) is 12.1 Å². The molecule has 0 aliphatic carbocycles. The molecule has 1 fully saturated rings. The number of benzene rings is 1. The van der Waals surface area contributed by atoms with Crippen LogP contribution in [0.4, 0.5) is 10.1 Å². The van der Waals surface area contributed by atoms with Crippen LogP contribution >= 0.6 is 0 Å². The number of pyridine rings is 1. The second-order valence-electron chi connectivity index (χ2n) is 5.42. The van der Waals surface area contributed by atoms with Crippen LogP contribution in [0.5, 0.6) is 0 Å². The SMILES string of the molecule is N#Cc1ccc(NC2CCN(Cc3ccc(F)cc3)C2=O)cn1. The summed E-state index contributed by atoms with van der Waals surface area (Å²) in [5.41, 5.74) is 1.96. The summed E-state index contributed by atoms with van der Waals surface area (Å²) in [4.78, 5) is 18.1. The van der Waals surface area contributed by atoms with Crippen LogP contribution in [-0.2, 0) is 11.3 Å². The molecule has 1 aliphatic heterocycles. The van der Waals surface area contributed by atoms with E-state index in [1.54, 1.807) is 35.4 Å². The fourth-order valence-electron chi connectivity index (χ4n) is 2.59. The van der Waals surface area contributed by atoms with Crippen molar-refractivity contribution in [3.8, 4) is 6.07 Å². The number of halogens is 1. The second-order valence-corrected chi connectivity index (χ2v) is 5.42. The van der Waals surface area contributed by atoms with Crippen molar-refractivity contribution >= 4 is 11.6 Å². The smallest absolute Gasteiger partial charge is 0.245 e. The molecule has 1 saturated heterocycles. The number of hydrogen-bond donors (Lipinski definition) is 1. The Balaban J connectivity index is 1.61. The molecule has 1 aromatic carbocycles. The summed E-state index contributed by atoms with van der Waals surface area (Å²) in [6, 6.07) is 11.2. The normalized spacial score (nSPS) is 17.1. The number of likely N-dealkylation sites (tertiary alicyclic amines) is 1. The van der Waals surface area contributed by atoms with Gasteiger partial charge in [-0.05, 0) is 36.2 Å². The molecule has 1 aromatic heterocycles. The second kappa shape index (κ2) is 6.44. The van der Waals surface area contributed by atoms with Crippen LogP contribution in [0.3, 0.4) is 0 Å². The van der Waals surface area contributed by atoms with E-state index in [-0.39, 0.29) is 17.8 Å². The molecule has 116 valence electrons. The number of carbonyl (C=O) groups is 1. The zero-order chi connectivity index (χ0) is 16.2. The van der Waals surface area contributed by atoms with E-state index < -0.39 is 0 Å². The van der Waals surface area contributed by atoms with Gasteiger partial charge < -0.3 is 10.2 Å². The third kappa shape index (κ3) is 3.46. The van der Waals surface area contributed by atoms with Gasteiger partial charge in [-0.15, -0.1) is 0 Å².